The molecule has 3 aliphatic rings. The molecular weight excluding hydrogens is 424 g/mol. The highest BCUT2D eigenvalue weighted by atomic mass is 16.2. The average molecular weight is 457 g/mol. The molecule has 0 N–H and O–H groups in total. The summed E-state index contributed by atoms with van der Waals surface area (Å²) in [5.74, 6) is 0.287. The minimum Gasteiger partial charge on any atom is -0.339 e. The van der Waals surface area contributed by atoms with Gasteiger partial charge in [0.15, 0.2) is 0 Å². The van der Waals surface area contributed by atoms with Crippen molar-refractivity contribution in [2.75, 3.05) is 13.1 Å². The average Bonchev–Trinajstić information content (AvgIpc) is 3.14. The fourth-order valence-electron chi connectivity index (χ4n) is 5.99. The van der Waals surface area contributed by atoms with Gasteiger partial charge in [0, 0.05) is 25.6 Å². The summed E-state index contributed by atoms with van der Waals surface area (Å²) in [6.07, 6.45) is 8.03. The Kier molecular flexibility index (Phi) is 6.61. The van der Waals surface area contributed by atoms with E-state index in [1.807, 2.05) is 60.7 Å². The molecule has 5 rings (SSSR count). The van der Waals surface area contributed by atoms with Crippen molar-refractivity contribution in [3.8, 4) is 0 Å². The van der Waals surface area contributed by atoms with Crippen molar-refractivity contribution >= 4 is 28.9 Å². The molecular formula is C29H32N2O3. The fourth-order valence-corrected chi connectivity index (χ4v) is 5.99. The summed E-state index contributed by atoms with van der Waals surface area (Å²) in [5.41, 5.74) is 2.39. The quantitative estimate of drug-likeness (QED) is 0.580. The molecule has 2 unspecified atom stereocenters. The number of nitrogens with zero attached hydrogens (tertiary/aromatic N) is 2. The lowest BCUT2D eigenvalue weighted by molar-refractivity contribution is -0.140. The van der Waals surface area contributed by atoms with Crippen LogP contribution in [0.3, 0.4) is 0 Å². The molecule has 0 bridgehead atoms. The molecule has 1 aliphatic carbocycles. The summed E-state index contributed by atoms with van der Waals surface area (Å²) in [7, 11) is 0. The monoisotopic (exact) mass is 456 g/mol. The highest BCUT2D eigenvalue weighted by Gasteiger charge is 2.39. The molecule has 2 fully saturated rings. The number of likely N-dealkylation sites (tertiary alicyclic amines) is 1. The number of hydrogen-bond acceptors (Lipinski definition) is 3. The fraction of sp³-hybridized carbons (Fsp3) is 0.414. The van der Waals surface area contributed by atoms with Gasteiger partial charge < -0.3 is 4.90 Å². The van der Waals surface area contributed by atoms with E-state index in [0.717, 1.165) is 30.5 Å². The number of rotatable bonds is 6. The molecule has 2 heterocycles. The van der Waals surface area contributed by atoms with Gasteiger partial charge in [-0.05, 0) is 49.1 Å². The maximum Gasteiger partial charge on any atom is 0.262 e. The van der Waals surface area contributed by atoms with E-state index in [0.29, 0.717) is 35.9 Å². The highest BCUT2D eigenvalue weighted by Crippen LogP contribution is 2.37. The Hall–Kier alpha value is -3.21. The molecule has 2 aromatic rings. The van der Waals surface area contributed by atoms with Crippen molar-refractivity contribution in [2.45, 2.75) is 57.4 Å². The van der Waals surface area contributed by atoms with Gasteiger partial charge in [0.1, 0.15) is 0 Å². The zero-order valence-corrected chi connectivity index (χ0v) is 19.6. The van der Waals surface area contributed by atoms with Crippen molar-refractivity contribution in [3.05, 3.63) is 71.8 Å². The van der Waals surface area contributed by atoms with Crippen LogP contribution in [0.1, 0.15) is 62.5 Å². The van der Waals surface area contributed by atoms with Crippen molar-refractivity contribution in [1.29, 1.82) is 0 Å². The number of hydrogen-bond donors (Lipinski definition) is 0. The van der Waals surface area contributed by atoms with Gasteiger partial charge in [0.05, 0.1) is 11.1 Å². The van der Waals surface area contributed by atoms with Crippen LogP contribution in [0.4, 0.5) is 0 Å². The van der Waals surface area contributed by atoms with Gasteiger partial charge in [-0.2, -0.15) is 0 Å². The van der Waals surface area contributed by atoms with Gasteiger partial charge in [-0.25, -0.2) is 0 Å². The van der Waals surface area contributed by atoms with Crippen LogP contribution in [-0.4, -0.2) is 46.7 Å². The van der Waals surface area contributed by atoms with Crippen LogP contribution < -0.4 is 0 Å². The predicted molar refractivity (Wildman–Crippen MR) is 132 cm³/mol. The number of amides is 3. The van der Waals surface area contributed by atoms with E-state index in [1.165, 1.54) is 30.6 Å². The Balaban J connectivity index is 1.29. The zero-order chi connectivity index (χ0) is 23.5. The first-order valence-electron chi connectivity index (χ1n) is 12.7. The third kappa shape index (κ3) is 4.31. The van der Waals surface area contributed by atoms with Crippen molar-refractivity contribution in [1.82, 2.24) is 9.80 Å². The van der Waals surface area contributed by atoms with E-state index in [-0.39, 0.29) is 24.3 Å². The van der Waals surface area contributed by atoms with Crippen LogP contribution in [0.5, 0.6) is 0 Å². The van der Waals surface area contributed by atoms with Crippen LogP contribution in [-0.2, 0) is 14.4 Å². The van der Waals surface area contributed by atoms with Crippen molar-refractivity contribution in [3.63, 3.8) is 0 Å². The summed E-state index contributed by atoms with van der Waals surface area (Å²) in [6, 6.07) is 19.2. The summed E-state index contributed by atoms with van der Waals surface area (Å²) in [5, 5.41) is 0. The number of carbonyl (C=O) groups excluding carboxylic acids is 3. The van der Waals surface area contributed by atoms with Gasteiger partial charge in [0.25, 0.3) is 11.8 Å². The topological polar surface area (TPSA) is 57.7 Å². The maximum absolute atomic E-state index is 13.4. The number of fused-ring (bicyclic) bond motifs is 1. The van der Waals surface area contributed by atoms with E-state index >= 15 is 0 Å². The maximum atomic E-state index is 13.4. The molecule has 34 heavy (non-hydrogen) atoms. The number of carbonyl (C=O) groups is 3. The smallest absolute Gasteiger partial charge is 0.262 e. The van der Waals surface area contributed by atoms with Gasteiger partial charge in [0.2, 0.25) is 5.91 Å². The summed E-state index contributed by atoms with van der Waals surface area (Å²) in [4.78, 5) is 43.4. The first kappa shape index (κ1) is 22.6. The number of benzene rings is 2. The summed E-state index contributed by atoms with van der Waals surface area (Å²) in [6.45, 7) is 1.11. The molecule has 0 spiro atoms. The Bertz CT molecular complexity index is 1030. The van der Waals surface area contributed by atoms with Crippen LogP contribution >= 0.6 is 0 Å². The van der Waals surface area contributed by atoms with Gasteiger partial charge >= 0.3 is 0 Å². The zero-order valence-electron chi connectivity index (χ0n) is 19.6. The third-order valence-electron chi connectivity index (χ3n) is 7.63. The van der Waals surface area contributed by atoms with Crippen LogP contribution in [0.2, 0.25) is 0 Å². The molecule has 176 valence electrons. The van der Waals surface area contributed by atoms with E-state index in [4.69, 9.17) is 0 Å². The summed E-state index contributed by atoms with van der Waals surface area (Å²) < 4.78 is 0. The SMILES string of the molecule is O=C1C(c2ccccc2)=C(c2ccccc2)C(=O)N1CCCC(=O)N1CCCC2CCCCC21. The Morgan fingerprint density at radius 1 is 0.765 bits per heavy atom. The molecule has 0 radical (unpaired) electrons. The molecule has 5 nitrogen and oxygen atoms in total. The lowest BCUT2D eigenvalue weighted by Crippen LogP contribution is -2.49. The largest absolute Gasteiger partial charge is 0.339 e. The van der Waals surface area contributed by atoms with Crippen LogP contribution in [0.15, 0.2) is 60.7 Å². The Labute approximate surface area is 201 Å². The van der Waals surface area contributed by atoms with Crippen LogP contribution in [0.25, 0.3) is 11.1 Å². The number of piperidine rings is 1. The lowest BCUT2D eigenvalue weighted by atomic mass is 9.78. The molecule has 0 aromatic heterocycles. The van der Waals surface area contributed by atoms with Crippen molar-refractivity contribution < 1.29 is 14.4 Å². The minimum atomic E-state index is -0.271. The molecule has 2 aromatic carbocycles. The van der Waals surface area contributed by atoms with Gasteiger partial charge in [-0.1, -0.05) is 73.5 Å². The van der Waals surface area contributed by atoms with E-state index in [2.05, 4.69) is 4.90 Å². The van der Waals surface area contributed by atoms with Crippen molar-refractivity contribution in [2.24, 2.45) is 5.92 Å². The molecule has 2 atom stereocenters. The molecule has 1 saturated carbocycles. The second-order valence-electron chi connectivity index (χ2n) is 9.69. The predicted octanol–water partition coefficient (Wildman–Crippen LogP) is 4.93. The second kappa shape index (κ2) is 9.96. The Morgan fingerprint density at radius 3 is 1.94 bits per heavy atom. The van der Waals surface area contributed by atoms with E-state index in [1.54, 1.807) is 0 Å². The van der Waals surface area contributed by atoms with Gasteiger partial charge in [-0.3, -0.25) is 19.3 Å². The molecule has 1 saturated heterocycles. The first-order chi connectivity index (χ1) is 16.6. The first-order valence-corrected chi connectivity index (χ1v) is 12.7. The molecule has 5 heteroatoms. The Morgan fingerprint density at radius 2 is 1.32 bits per heavy atom. The van der Waals surface area contributed by atoms with Crippen LogP contribution in [0, 0.1) is 5.92 Å². The lowest BCUT2D eigenvalue weighted by Gasteiger charge is -2.44. The second-order valence-corrected chi connectivity index (χ2v) is 9.69. The van der Waals surface area contributed by atoms with E-state index < -0.39 is 0 Å². The molecule has 2 aliphatic heterocycles. The third-order valence-corrected chi connectivity index (χ3v) is 7.63. The highest BCUT2D eigenvalue weighted by molar-refractivity contribution is 6.48. The van der Waals surface area contributed by atoms with E-state index in [9.17, 15) is 14.4 Å². The minimum absolute atomic E-state index is 0.176. The summed E-state index contributed by atoms with van der Waals surface area (Å²) >= 11 is 0. The van der Waals surface area contributed by atoms with Gasteiger partial charge in [-0.15, -0.1) is 0 Å². The number of imide groups is 1. The normalized spacial score (nSPS) is 22.8. The molecule has 3 amide bonds. The standard InChI is InChI=1S/C29H32N2O3/c32-25(30-19-9-16-21-11-7-8-17-24(21)30)18-10-20-31-28(33)26(22-12-3-1-4-13-22)27(29(31)34)23-14-5-2-6-15-23/h1-6,12-15,21,24H,7-11,16-20H2.